The minimum absolute atomic E-state index is 0.00690. The number of methoxy groups -OCH3 is 1. The van der Waals surface area contributed by atoms with Gasteiger partial charge in [-0.05, 0) is 44.4 Å². The maximum Gasteiger partial charge on any atom is 0.247 e. The number of anilines is 4. The van der Waals surface area contributed by atoms with Gasteiger partial charge >= 0.3 is 0 Å². The third kappa shape index (κ3) is 2.97. The van der Waals surface area contributed by atoms with Gasteiger partial charge in [-0.15, -0.1) is 5.10 Å². The smallest absolute Gasteiger partial charge is 0.247 e. The Morgan fingerprint density at radius 1 is 1.37 bits per heavy atom. The van der Waals surface area contributed by atoms with Crippen molar-refractivity contribution in [3.8, 4) is 0 Å². The Labute approximate surface area is 174 Å². The van der Waals surface area contributed by atoms with Crippen molar-refractivity contribution in [2.75, 3.05) is 35.8 Å². The van der Waals surface area contributed by atoms with Crippen LogP contribution in [0.3, 0.4) is 0 Å². The molecule has 156 valence electrons. The number of carbonyl (C=O) groups is 1. The SMILES string of the molecule is COCC1CCCN1c1nccn2nc(Nc3ccc4c(c3)NC(=O)C4(C)C)nc12. The summed E-state index contributed by atoms with van der Waals surface area (Å²) in [5.41, 5.74) is 2.81. The predicted octanol–water partition coefficient (Wildman–Crippen LogP) is 2.71. The number of hydrogen-bond acceptors (Lipinski definition) is 7. The van der Waals surface area contributed by atoms with Crippen LogP contribution in [0.4, 0.5) is 23.1 Å². The van der Waals surface area contributed by atoms with Crippen LogP contribution >= 0.6 is 0 Å². The van der Waals surface area contributed by atoms with E-state index in [2.05, 4.69) is 25.6 Å². The van der Waals surface area contributed by atoms with Gasteiger partial charge in [0.05, 0.1) is 18.1 Å². The van der Waals surface area contributed by atoms with Crippen molar-refractivity contribution >= 4 is 34.7 Å². The molecule has 0 bridgehead atoms. The van der Waals surface area contributed by atoms with Crippen LogP contribution in [0.2, 0.25) is 0 Å². The first kappa shape index (κ1) is 18.8. The second kappa shape index (κ2) is 6.94. The summed E-state index contributed by atoms with van der Waals surface area (Å²) in [6, 6.07) is 6.13. The van der Waals surface area contributed by atoms with Crippen LogP contribution in [-0.2, 0) is 14.9 Å². The fourth-order valence-corrected chi connectivity index (χ4v) is 4.34. The molecular weight excluding hydrogens is 382 g/mol. The van der Waals surface area contributed by atoms with E-state index in [4.69, 9.17) is 9.72 Å². The second-order valence-electron chi connectivity index (χ2n) is 8.36. The lowest BCUT2D eigenvalue weighted by atomic mass is 9.86. The standard InChI is InChI=1S/C21H25N7O2/c1-21(2)15-7-6-13(11-16(15)24-19(21)29)23-20-25-18-17(22-8-10-28(18)26-20)27-9-4-5-14(27)12-30-3/h6-8,10-11,14H,4-5,9,12H2,1-3H3,(H,23,26)(H,24,29). The predicted molar refractivity (Wildman–Crippen MR) is 114 cm³/mol. The molecule has 0 saturated carbocycles. The second-order valence-corrected chi connectivity index (χ2v) is 8.36. The van der Waals surface area contributed by atoms with Crippen LogP contribution in [-0.4, -0.2) is 51.8 Å². The number of amides is 1. The third-order valence-corrected chi connectivity index (χ3v) is 6.01. The van der Waals surface area contributed by atoms with Gasteiger partial charge in [0.2, 0.25) is 11.9 Å². The van der Waals surface area contributed by atoms with Crippen molar-refractivity contribution in [1.82, 2.24) is 19.6 Å². The van der Waals surface area contributed by atoms with E-state index in [9.17, 15) is 4.79 Å². The van der Waals surface area contributed by atoms with Gasteiger partial charge in [0, 0.05) is 37.4 Å². The molecule has 9 heteroatoms. The van der Waals surface area contributed by atoms with Gasteiger partial charge in [-0.1, -0.05) is 6.07 Å². The molecule has 1 amide bonds. The highest BCUT2D eigenvalue weighted by Gasteiger charge is 2.38. The van der Waals surface area contributed by atoms with Crippen LogP contribution in [0.1, 0.15) is 32.3 Å². The molecule has 1 aromatic carbocycles. The fraction of sp³-hybridized carbons (Fsp3) is 0.429. The molecule has 1 saturated heterocycles. The summed E-state index contributed by atoms with van der Waals surface area (Å²) in [7, 11) is 1.73. The molecule has 3 aromatic rings. The number of ether oxygens (including phenoxy) is 1. The van der Waals surface area contributed by atoms with Crippen molar-refractivity contribution in [2.24, 2.45) is 0 Å². The van der Waals surface area contributed by atoms with Crippen molar-refractivity contribution in [2.45, 2.75) is 38.1 Å². The van der Waals surface area contributed by atoms with Crippen molar-refractivity contribution in [3.63, 3.8) is 0 Å². The van der Waals surface area contributed by atoms with E-state index in [1.807, 2.05) is 32.0 Å². The van der Waals surface area contributed by atoms with E-state index in [1.54, 1.807) is 24.0 Å². The van der Waals surface area contributed by atoms with Crippen LogP contribution in [0.15, 0.2) is 30.6 Å². The molecule has 2 N–H and O–H groups in total. The van der Waals surface area contributed by atoms with E-state index in [0.29, 0.717) is 24.2 Å². The molecule has 2 aromatic heterocycles. The Hall–Kier alpha value is -3.20. The average Bonchev–Trinajstić information content (AvgIpc) is 3.39. The molecule has 1 atom stereocenters. The minimum Gasteiger partial charge on any atom is -0.383 e. The summed E-state index contributed by atoms with van der Waals surface area (Å²) < 4.78 is 7.12. The highest BCUT2D eigenvalue weighted by Crippen LogP contribution is 2.39. The van der Waals surface area contributed by atoms with Gasteiger partial charge in [-0.3, -0.25) is 4.79 Å². The first-order valence-electron chi connectivity index (χ1n) is 10.2. The number of benzene rings is 1. The van der Waals surface area contributed by atoms with Gasteiger partial charge in [-0.25, -0.2) is 9.50 Å². The average molecular weight is 407 g/mol. The highest BCUT2D eigenvalue weighted by molar-refractivity contribution is 6.06. The maximum atomic E-state index is 12.2. The molecule has 0 aliphatic carbocycles. The van der Waals surface area contributed by atoms with E-state index in [-0.39, 0.29) is 5.91 Å². The molecular formula is C21H25N7O2. The normalized spacial score (nSPS) is 19.9. The molecule has 0 radical (unpaired) electrons. The summed E-state index contributed by atoms with van der Waals surface area (Å²) in [4.78, 5) is 23.7. The van der Waals surface area contributed by atoms with Gasteiger partial charge in [-0.2, -0.15) is 4.98 Å². The molecule has 2 aliphatic heterocycles. The Morgan fingerprint density at radius 3 is 3.07 bits per heavy atom. The Balaban J connectivity index is 1.44. The molecule has 1 unspecified atom stereocenters. The maximum absolute atomic E-state index is 12.2. The Kier molecular flexibility index (Phi) is 4.35. The lowest BCUT2D eigenvalue weighted by Gasteiger charge is -2.24. The van der Waals surface area contributed by atoms with Crippen molar-refractivity contribution < 1.29 is 9.53 Å². The number of rotatable bonds is 5. The lowest BCUT2D eigenvalue weighted by molar-refractivity contribution is -0.119. The molecule has 30 heavy (non-hydrogen) atoms. The monoisotopic (exact) mass is 407 g/mol. The number of nitrogens with one attached hydrogen (secondary N) is 2. The zero-order valence-corrected chi connectivity index (χ0v) is 17.3. The van der Waals surface area contributed by atoms with E-state index < -0.39 is 5.41 Å². The first-order chi connectivity index (χ1) is 14.5. The van der Waals surface area contributed by atoms with Crippen LogP contribution < -0.4 is 15.5 Å². The molecule has 9 nitrogen and oxygen atoms in total. The summed E-state index contributed by atoms with van der Waals surface area (Å²) in [5, 5.41) is 10.8. The lowest BCUT2D eigenvalue weighted by Crippen LogP contribution is -2.33. The topological polar surface area (TPSA) is 96.7 Å². The van der Waals surface area contributed by atoms with Crippen molar-refractivity contribution in [1.29, 1.82) is 0 Å². The number of carbonyl (C=O) groups excluding carboxylic acids is 1. The van der Waals surface area contributed by atoms with Crippen LogP contribution in [0, 0.1) is 0 Å². The zero-order chi connectivity index (χ0) is 20.9. The van der Waals surface area contributed by atoms with Crippen LogP contribution in [0.25, 0.3) is 5.65 Å². The Bertz CT molecular complexity index is 1120. The van der Waals surface area contributed by atoms with Gasteiger partial charge in [0.1, 0.15) is 0 Å². The molecule has 2 aliphatic rings. The largest absolute Gasteiger partial charge is 0.383 e. The van der Waals surface area contributed by atoms with Gasteiger partial charge in [0.15, 0.2) is 11.5 Å². The van der Waals surface area contributed by atoms with Gasteiger partial charge in [0.25, 0.3) is 0 Å². The quantitative estimate of drug-likeness (QED) is 0.671. The molecule has 1 fully saturated rings. The molecule has 0 spiro atoms. The molecule has 5 rings (SSSR count). The van der Waals surface area contributed by atoms with E-state index in [1.165, 1.54) is 0 Å². The van der Waals surface area contributed by atoms with E-state index in [0.717, 1.165) is 42.1 Å². The Morgan fingerprint density at radius 2 is 2.23 bits per heavy atom. The van der Waals surface area contributed by atoms with Crippen LogP contribution in [0.5, 0.6) is 0 Å². The van der Waals surface area contributed by atoms with E-state index >= 15 is 0 Å². The summed E-state index contributed by atoms with van der Waals surface area (Å²) in [5.74, 6) is 1.31. The zero-order valence-electron chi connectivity index (χ0n) is 17.3. The first-order valence-corrected chi connectivity index (χ1v) is 10.2. The summed E-state index contributed by atoms with van der Waals surface area (Å²) in [6.45, 7) is 5.44. The highest BCUT2D eigenvalue weighted by atomic mass is 16.5. The number of nitrogens with zero attached hydrogens (tertiary/aromatic N) is 5. The fourth-order valence-electron chi connectivity index (χ4n) is 4.34. The number of aromatic nitrogens is 4. The minimum atomic E-state index is -0.524. The van der Waals surface area contributed by atoms with Gasteiger partial charge < -0.3 is 20.3 Å². The third-order valence-electron chi connectivity index (χ3n) is 6.01. The summed E-state index contributed by atoms with van der Waals surface area (Å²) >= 11 is 0. The van der Waals surface area contributed by atoms with Crippen molar-refractivity contribution in [3.05, 3.63) is 36.2 Å². The summed E-state index contributed by atoms with van der Waals surface area (Å²) in [6.07, 6.45) is 5.72. The number of hydrogen-bond donors (Lipinski definition) is 2. The number of fused-ring (bicyclic) bond motifs is 2. The molecule has 4 heterocycles.